The van der Waals surface area contributed by atoms with Gasteiger partial charge in [-0.15, -0.1) is 0 Å². The van der Waals surface area contributed by atoms with Crippen LogP contribution >= 0.6 is 0 Å². The zero-order valence-corrected chi connectivity index (χ0v) is 15.4. The predicted octanol–water partition coefficient (Wildman–Crippen LogP) is 2.42. The van der Waals surface area contributed by atoms with E-state index in [0.717, 1.165) is 37.7 Å². The van der Waals surface area contributed by atoms with Crippen molar-refractivity contribution in [3.63, 3.8) is 0 Å². The number of nitrogens with one attached hydrogen (secondary N) is 1. The molecule has 1 aliphatic rings. The van der Waals surface area contributed by atoms with E-state index in [4.69, 9.17) is 4.74 Å². The molecule has 0 aliphatic carbocycles. The quantitative estimate of drug-likeness (QED) is 0.835. The maximum atomic E-state index is 14.0. The van der Waals surface area contributed by atoms with Crippen molar-refractivity contribution < 1.29 is 17.5 Å². The van der Waals surface area contributed by atoms with Gasteiger partial charge in [0, 0.05) is 43.8 Å². The summed E-state index contributed by atoms with van der Waals surface area (Å²) in [6, 6.07) is 7.67. The second kappa shape index (κ2) is 8.01. The summed E-state index contributed by atoms with van der Waals surface area (Å²) in [5.74, 6) is -0.307. The van der Waals surface area contributed by atoms with Crippen LogP contribution in [0, 0.1) is 11.7 Å². The van der Waals surface area contributed by atoms with Gasteiger partial charge >= 0.3 is 0 Å². The van der Waals surface area contributed by atoms with Crippen molar-refractivity contribution >= 4 is 15.7 Å². The molecule has 0 spiro atoms. The smallest absolute Gasteiger partial charge is 0.243 e. The molecule has 3 rings (SSSR count). The maximum Gasteiger partial charge on any atom is 0.243 e. The lowest BCUT2D eigenvalue weighted by molar-refractivity contribution is 0.401. The second-order valence-corrected chi connectivity index (χ2v) is 8.02. The highest BCUT2D eigenvalue weighted by molar-refractivity contribution is 7.89. The number of hydrogen-bond acceptors (Lipinski definition) is 5. The molecule has 26 heavy (non-hydrogen) atoms. The van der Waals surface area contributed by atoms with Gasteiger partial charge in [0.05, 0.1) is 7.11 Å². The van der Waals surface area contributed by atoms with Crippen LogP contribution in [0.25, 0.3) is 0 Å². The number of nitrogens with zero attached hydrogens (tertiary/aromatic N) is 2. The van der Waals surface area contributed by atoms with Crippen LogP contribution in [0.1, 0.15) is 12.8 Å². The van der Waals surface area contributed by atoms with E-state index in [1.54, 1.807) is 12.4 Å². The fourth-order valence-electron chi connectivity index (χ4n) is 3.08. The van der Waals surface area contributed by atoms with E-state index in [2.05, 4.69) is 14.6 Å². The summed E-state index contributed by atoms with van der Waals surface area (Å²) in [5, 5.41) is 0. The Kier molecular flexibility index (Phi) is 5.73. The van der Waals surface area contributed by atoms with E-state index in [-0.39, 0.29) is 16.6 Å². The third-order valence-corrected chi connectivity index (χ3v) is 6.09. The van der Waals surface area contributed by atoms with Crippen molar-refractivity contribution in [2.75, 3.05) is 31.6 Å². The van der Waals surface area contributed by atoms with Gasteiger partial charge in [0.2, 0.25) is 10.0 Å². The Morgan fingerprint density at radius 3 is 2.54 bits per heavy atom. The summed E-state index contributed by atoms with van der Waals surface area (Å²) >= 11 is 0. The number of ether oxygens (including phenoxy) is 1. The Morgan fingerprint density at radius 2 is 1.92 bits per heavy atom. The molecule has 0 saturated carbocycles. The minimum absolute atomic E-state index is 0.226. The zero-order valence-electron chi connectivity index (χ0n) is 14.6. The number of anilines is 1. The fraction of sp³-hybridized carbons (Fsp3) is 0.389. The number of halogens is 1. The molecule has 0 bridgehead atoms. The fourth-order valence-corrected chi connectivity index (χ4v) is 4.26. The van der Waals surface area contributed by atoms with Gasteiger partial charge in [-0.3, -0.25) is 4.98 Å². The summed E-state index contributed by atoms with van der Waals surface area (Å²) in [4.78, 5) is 5.92. The molecule has 1 saturated heterocycles. The summed E-state index contributed by atoms with van der Waals surface area (Å²) in [6.07, 6.45) is 5.27. The monoisotopic (exact) mass is 379 g/mol. The lowest BCUT2D eigenvalue weighted by atomic mass is 9.97. The van der Waals surface area contributed by atoms with E-state index < -0.39 is 15.8 Å². The van der Waals surface area contributed by atoms with Crippen molar-refractivity contribution in [3.8, 4) is 5.75 Å². The molecule has 1 fully saturated rings. The normalized spacial score (nSPS) is 15.8. The molecule has 0 atom stereocenters. The van der Waals surface area contributed by atoms with Crippen LogP contribution in [0.4, 0.5) is 10.1 Å². The molecule has 8 heteroatoms. The van der Waals surface area contributed by atoms with Gasteiger partial charge in [-0.05, 0) is 43.0 Å². The number of piperidine rings is 1. The molecule has 2 heterocycles. The summed E-state index contributed by atoms with van der Waals surface area (Å²) in [7, 11) is -2.48. The molecule has 2 aromatic rings. The molecular formula is C18H22FN3O3S. The van der Waals surface area contributed by atoms with E-state index in [9.17, 15) is 12.8 Å². The van der Waals surface area contributed by atoms with Crippen LogP contribution in [-0.2, 0) is 10.0 Å². The molecule has 6 nitrogen and oxygen atoms in total. The first-order chi connectivity index (χ1) is 12.5. The first-order valence-corrected chi connectivity index (χ1v) is 9.96. The number of methoxy groups -OCH3 is 1. The highest BCUT2D eigenvalue weighted by Gasteiger charge is 2.24. The first-order valence-electron chi connectivity index (χ1n) is 8.48. The number of rotatable bonds is 6. The average molecular weight is 379 g/mol. The Hall–Kier alpha value is -2.19. The largest absolute Gasteiger partial charge is 0.497 e. The van der Waals surface area contributed by atoms with Crippen molar-refractivity contribution in [2.24, 2.45) is 5.92 Å². The zero-order chi connectivity index (χ0) is 18.6. The number of pyridine rings is 1. The molecule has 1 aromatic heterocycles. The minimum atomic E-state index is -3.88. The topological polar surface area (TPSA) is 71.5 Å². The molecule has 0 unspecified atom stereocenters. The van der Waals surface area contributed by atoms with Crippen molar-refractivity contribution in [3.05, 3.63) is 48.5 Å². The molecule has 0 radical (unpaired) electrons. The molecule has 0 amide bonds. The Labute approximate surface area is 153 Å². The van der Waals surface area contributed by atoms with Crippen LogP contribution in [0.15, 0.2) is 47.6 Å². The minimum Gasteiger partial charge on any atom is -0.497 e. The maximum absolute atomic E-state index is 14.0. The van der Waals surface area contributed by atoms with Crippen LogP contribution in [0.2, 0.25) is 0 Å². The highest BCUT2D eigenvalue weighted by Crippen LogP contribution is 2.24. The van der Waals surface area contributed by atoms with Gasteiger partial charge in [0.1, 0.15) is 16.5 Å². The molecule has 1 aliphatic heterocycles. The van der Waals surface area contributed by atoms with Gasteiger partial charge in [0.15, 0.2) is 0 Å². The van der Waals surface area contributed by atoms with Crippen LogP contribution < -0.4 is 14.4 Å². The van der Waals surface area contributed by atoms with E-state index in [1.165, 1.54) is 19.2 Å². The van der Waals surface area contributed by atoms with Crippen LogP contribution in [-0.4, -0.2) is 40.1 Å². The van der Waals surface area contributed by atoms with Crippen molar-refractivity contribution in [2.45, 2.75) is 17.7 Å². The number of benzene rings is 1. The van der Waals surface area contributed by atoms with Gasteiger partial charge in [-0.1, -0.05) is 0 Å². The number of aromatic nitrogens is 1. The predicted molar refractivity (Wildman–Crippen MR) is 97.3 cm³/mol. The Balaban J connectivity index is 1.56. The third-order valence-electron chi connectivity index (χ3n) is 4.63. The summed E-state index contributed by atoms with van der Waals surface area (Å²) in [5.41, 5.74) is 1.12. The standard InChI is InChI=1S/C18H22FN3O3S/c1-25-16-2-3-18(17(19)12-16)26(23,24)21-13-14-6-10-22(11-7-14)15-4-8-20-9-5-15/h2-5,8-9,12,14,21H,6-7,10-11,13H2,1H3. The van der Waals surface area contributed by atoms with Gasteiger partial charge in [0.25, 0.3) is 0 Å². The van der Waals surface area contributed by atoms with E-state index >= 15 is 0 Å². The highest BCUT2D eigenvalue weighted by atomic mass is 32.2. The van der Waals surface area contributed by atoms with E-state index in [1.807, 2.05) is 12.1 Å². The first kappa shape index (κ1) is 18.6. The Bertz CT molecular complexity index is 838. The van der Waals surface area contributed by atoms with Crippen molar-refractivity contribution in [1.29, 1.82) is 0 Å². The number of sulfonamides is 1. The summed E-state index contributed by atoms with van der Waals surface area (Å²) < 4.78 is 46.2. The average Bonchev–Trinajstić information content (AvgIpc) is 2.67. The molecule has 1 N–H and O–H groups in total. The van der Waals surface area contributed by atoms with Gasteiger partial charge in [-0.25, -0.2) is 17.5 Å². The molecule has 1 aromatic carbocycles. The summed E-state index contributed by atoms with van der Waals surface area (Å²) in [6.45, 7) is 2.01. The van der Waals surface area contributed by atoms with Crippen LogP contribution in [0.5, 0.6) is 5.75 Å². The van der Waals surface area contributed by atoms with Crippen molar-refractivity contribution in [1.82, 2.24) is 9.71 Å². The van der Waals surface area contributed by atoms with E-state index in [0.29, 0.717) is 6.54 Å². The SMILES string of the molecule is COc1ccc(S(=O)(=O)NCC2CCN(c3ccncc3)CC2)c(F)c1. The van der Waals surface area contributed by atoms with Crippen LogP contribution in [0.3, 0.4) is 0 Å². The second-order valence-electron chi connectivity index (χ2n) is 6.28. The number of hydrogen-bond donors (Lipinski definition) is 1. The molecule has 140 valence electrons. The Morgan fingerprint density at radius 1 is 1.23 bits per heavy atom. The molecular weight excluding hydrogens is 357 g/mol. The van der Waals surface area contributed by atoms with Gasteiger partial charge in [-0.2, -0.15) is 0 Å². The lowest BCUT2D eigenvalue weighted by Crippen LogP contribution is -2.38. The van der Waals surface area contributed by atoms with Gasteiger partial charge < -0.3 is 9.64 Å². The third kappa shape index (κ3) is 4.31. The lowest BCUT2D eigenvalue weighted by Gasteiger charge is -2.33.